The van der Waals surface area contributed by atoms with Crippen LogP contribution in [-0.2, 0) is 0 Å². The summed E-state index contributed by atoms with van der Waals surface area (Å²) in [5.74, 6) is 1.01. The Labute approximate surface area is 88.9 Å². The van der Waals surface area contributed by atoms with Crippen LogP contribution in [0.1, 0.15) is 52.4 Å². The number of hydrogen-bond donors (Lipinski definition) is 0. The second-order valence-electron chi connectivity index (χ2n) is 6.21. The van der Waals surface area contributed by atoms with Gasteiger partial charge >= 0.3 is 0 Å². The van der Waals surface area contributed by atoms with Crippen molar-refractivity contribution in [3.8, 4) is 0 Å². The molecule has 2 fully saturated rings. The Morgan fingerprint density at radius 3 is 2.64 bits per heavy atom. The highest BCUT2D eigenvalue weighted by molar-refractivity contribution is 4.90. The predicted molar refractivity (Wildman–Crippen MR) is 61.4 cm³/mol. The number of rotatable bonds is 0. The monoisotopic (exact) mass is 195 g/mol. The van der Waals surface area contributed by atoms with Crippen LogP contribution in [0, 0.1) is 11.3 Å². The number of nitrogens with zero attached hydrogens (tertiary/aromatic N) is 1. The van der Waals surface area contributed by atoms with Crippen LogP contribution >= 0.6 is 0 Å². The summed E-state index contributed by atoms with van der Waals surface area (Å²) in [6, 6.07) is 0.890. The first-order valence-electron chi connectivity index (χ1n) is 6.29. The molecule has 1 heteroatoms. The minimum absolute atomic E-state index is 0.588. The SMILES string of the molecule is CN1CCC[C@@H]2CCCC(C)(C)C[C@@H]21. The van der Waals surface area contributed by atoms with Crippen LogP contribution in [0.4, 0.5) is 0 Å². The molecule has 0 bridgehead atoms. The van der Waals surface area contributed by atoms with Gasteiger partial charge in [0.2, 0.25) is 0 Å². The summed E-state index contributed by atoms with van der Waals surface area (Å²) in [7, 11) is 2.33. The first kappa shape index (κ1) is 10.5. The molecule has 2 aliphatic rings. The molecular weight excluding hydrogens is 170 g/mol. The standard InChI is InChI=1S/C13H25N/c1-13(2)8-4-6-11-7-5-9-14(3)12(11)10-13/h11-12H,4-10H2,1-3H3/t11-,12-/m0/s1. The molecule has 0 aromatic heterocycles. The molecule has 0 N–H and O–H groups in total. The molecule has 82 valence electrons. The number of piperidine rings is 1. The van der Waals surface area contributed by atoms with E-state index >= 15 is 0 Å². The summed E-state index contributed by atoms with van der Waals surface area (Å²) in [6.45, 7) is 6.24. The Bertz CT molecular complexity index is 197. The van der Waals surface area contributed by atoms with Crippen molar-refractivity contribution >= 4 is 0 Å². The largest absolute Gasteiger partial charge is 0.303 e. The van der Waals surface area contributed by atoms with Gasteiger partial charge in [0.15, 0.2) is 0 Å². The Morgan fingerprint density at radius 1 is 1.14 bits per heavy atom. The minimum Gasteiger partial charge on any atom is -0.303 e. The fourth-order valence-electron chi connectivity index (χ4n) is 3.49. The van der Waals surface area contributed by atoms with Gasteiger partial charge in [-0.3, -0.25) is 0 Å². The fourth-order valence-corrected chi connectivity index (χ4v) is 3.49. The molecule has 1 heterocycles. The van der Waals surface area contributed by atoms with Crippen molar-refractivity contribution in [3.63, 3.8) is 0 Å². The lowest BCUT2D eigenvalue weighted by Crippen LogP contribution is -2.43. The molecule has 0 unspecified atom stereocenters. The first-order valence-corrected chi connectivity index (χ1v) is 6.29. The molecule has 1 nitrogen and oxygen atoms in total. The molecule has 0 radical (unpaired) electrons. The number of fused-ring (bicyclic) bond motifs is 1. The highest BCUT2D eigenvalue weighted by Crippen LogP contribution is 2.41. The van der Waals surface area contributed by atoms with Gasteiger partial charge in [-0.25, -0.2) is 0 Å². The van der Waals surface area contributed by atoms with Gasteiger partial charge in [-0.05, 0) is 57.0 Å². The van der Waals surface area contributed by atoms with E-state index in [2.05, 4.69) is 25.8 Å². The lowest BCUT2D eigenvalue weighted by atomic mass is 9.79. The van der Waals surface area contributed by atoms with Gasteiger partial charge in [0.25, 0.3) is 0 Å². The van der Waals surface area contributed by atoms with Crippen LogP contribution in [0.25, 0.3) is 0 Å². The van der Waals surface area contributed by atoms with E-state index in [1.165, 1.54) is 45.1 Å². The third-order valence-corrected chi connectivity index (χ3v) is 4.39. The fraction of sp³-hybridized carbons (Fsp3) is 1.00. The molecule has 1 aliphatic carbocycles. The maximum atomic E-state index is 2.63. The zero-order valence-corrected chi connectivity index (χ0v) is 10.1. The van der Waals surface area contributed by atoms with Crippen LogP contribution in [-0.4, -0.2) is 24.5 Å². The predicted octanol–water partition coefficient (Wildman–Crippen LogP) is 3.30. The van der Waals surface area contributed by atoms with Crippen molar-refractivity contribution in [2.24, 2.45) is 11.3 Å². The third kappa shape index (κ3) is 2.13. The van der Waals surface area contributed by atoms with Crippen molar-refractivity contribution < 1.29 is 0 Å². The van der Waals surface area contributed by atoms with Crippen molar-refractivity contribution in [3.05, 3.63) is 0 Å². The van der Waals surface area contributed by atoms with Gasteiger partial charge < -0.3 is 4.90 Å². The minimum atomic E-state index is 0.588. The van der Waals surface area contributed by atoms with Crippen LogP contribution in [0.3, 0.4) is 0 Å². The Balaban J connectivity index is 2.09. The molecule has 0 spiro atoms. The van der Waals surface area contributed by atoms with E-state index in [4.69, 9.17) is 0 Å². The van der Waals surface area contributed by atoms with Crippen molar-refractivity contribution in [1.29, 1.82) is 0 Å². The summed E-state index contributed by atoms with van der Waals surface area (Å²) in [5.41, 5.74) is 0.588. The maximum absolute atomic E-state index is 2.63. The second kappa shape index (κ2) is 3.84. The Kier molecular flexibility index (Phi) is 2.88. The van der Waals surface area contributed by atoms with Crippen molar-refractivity contribution in [1.82, 2.24) is 4.90 Å². The summed E-state index contributed by atoms with van der Waals surface area (Å²) in [6.07, 6.45) is 8.73. The van der Waals surface area contributed by atoms with E-state index in [9.17, 15) is 0 Å². The van der Waals surface area contributed by atoms with Crippen molar-refractivity contribution in [2.45, 2.75) is 58.4 Å². The third-order valence-electron chi connectivity index (χ3n) is 4.39. The van der Waals surface area contributed by atoms with Crippen LogP contribution < -0.4 is 0 Å². The topological polar surface area (TPSA) is 3.24 Å². The van der Waals surface area contributed by atoms with Crippen LogP contribution in [0.2, 0.25) is 0 Å². The van der Waals surface area contributed by atoms with Gasteiger partial charge in [0.05, 0.1) is 0 Å². The summed E-state index contributed by atoms with van der Waals surface area (Å²) < 4.78 is 0. The lowest BCUT2D eigenvalue weighted by Gasteiger charge is -2.40. The second-order valence-corrected chi connectivity index (χ2v) is 6.21. The van der Waals surface area contributed by atoms with E-state index in [0.717, 1.165) is 12.0 Å². The van der Waals surface area contributed by atoms with Crippen LogP contribution in [0.5, 0.6) is 0 Å². The lowest BCUT2D eigenvalue weighted by molar-refractivity contribution is 0.0913. The molecular formula is C13H25N. The molecule has 14 heavy (non-hydrogen) atoms. The molecule has 1 aliphatic heterocycles. The average Bonchev–Trinajstić information content (AvgIpc) is 2.24. The van der Waals surface area contributed by atoms with Gasteiger partial charge in [-0.15, -0.1) is 0 Å². The molecule has 0 amide bonds. The highest BCUT2D eigenvalue weighted by Gasteiger charge is 2.36. The molecule has 0 aromatic carbocycles. The zero-order chi connectivity index (χ0) is 10.2. The molecule has 2 atom stereocenters. The van der Waals surface area contributed by atoms with E-state index < -0.39 is 0 Å². The Hall–Kier alpha value is -0.0400. The Morgan fingerprint density at radius 2 is 1.86 bits per heavy atom. The summed E-state index contributed by atoms with van der Waals surface area (Å²) >= 11 is 0. The van der Waals surface area contributed by atoms with Gasteiger partial charge in [0.1, 0.15) is 0 Å². The van der Waals surface area contributed by atoms with E-state index in [1.54, 1.807) is 0 Å². The summed E-state index contributed by atoms with van der Waals surface area (Å²) in [4.78, 5) is 2.63. The summed E-state index contributed by atoms with van der Waals surface area (Å²) in [5, 5.41) is 0. The van der Waals surface area contributed by atoms with Crippen molar-refractivity contribution in [2.75, 3.05) is 13.6 Å². The zero-order valence-electron chi connectivity index (χ0n) is 10.1. The van der Waals surface area contributed by atoms with Gasteiger partial charge in [-0.1, -0.05) is 20.3 Å². The number of hydrogen-bond acceptors (Lipinski definition) is 1. The van der Waals surface area contributed by atoms with Gasteiger partial charge in [0, 0.05) is 6.04 Å². The quantitative estimate of drug-likeness (QED) is 0.573. The maximum Gasteiger partial charge on any atom is 0.0126 e. The van der Waals surface area contributed by atoms with E-state index in [0.29, 0.717) is 5.41 Å². The van der Waals surface area contributed by atoms with E-state index in [-0.39, 0.29) is 0 Å². The normalized spacial score (nSPS) is 38.8. The number of likely N-dealkylation sites (tertiary alicyclic amines) is 1. The van der Waals surface area contributed by atoms with E-state index in [1.807, 2.05) is 0 Å². The molecule has 0 aromatic rings. The molecule has 1 saturated carbocycles. The van der Waals surface area contributed by atoms with Crippen LogP contribution in [0.15, 0.2) is 0 Å². The smallest absolute Gasteiger partial charge is 0.0126 e. The highest BCUT2D eigenvalue weighted by atomic mass is 15.1. The molecule has 1 saturated heterocycles. The average molecular weight is 195 g/mol. The molecule has 2 rings (SSSR count). The first-order chi connectivity index (χ1) is 6.58. The van der Waals surface area contributed by atoms with Gasteiger partial charge in [-0.2, -0.15) is 0 Å².